The van der Waals surface area contributed by atoms with Crippen LogP contribution >= 0.6 is 0 Å². The Balaban J connectivity index is 3.34. The third kappa shape index (κ3) is 7.54. The van der Waals surface area contributed by atoms with E-state index in [0.717, 1.165) is 6.42 Å². The molecule has 0 aromatic rings. The molecule has 10 heavy (non-hydrogen) atoms. The van der Waals surface area contributed by atoms with Crippen LogP contribution in [0.15, 0.2) is 12.3 Å². The second-order valence-electron chi connectivity index (χ2n) is 3.39. The van der Waals surface area contributed by atoms with Gasteiger partial charge in [0.1, 0.15) is 0 Å². The lowest BCUT2D eigenvalue weighted by Gasteiger charge is -2.17. The third-order valence-electron chi connectivity index (χ3n) is 0.973. The molecule has 0 saturated carbocycles. The van der Waals surface area contributed by atoms with Crippen molar-refractivity contribution in [3.05, 3.63) is 12.3 Å². The van der Waals surface area contributed by atoms with E-state index in [1.807, 2.05) is 20.8 Å². The molecule has 0 aromatic carbocycles. The van der Waals surface area contributed by atoms with Crippen LogP contribution in [-0.2, 0) is 4.74 Å². The quantitative estimate of drug-likeness (QED) is 0.550. The van der Waals surface area contributed by atoms with Gasteiger partial charge in [-0.2, -0.15) is 0 Å². The number of ether oxygens (including phenoxy) is 1. The van der Waals surface area contributed by atoms with Gasteiger partial charge in [-0.3, -0.25) is 0 Å². The summed E-state index contributed by atoms with van der Waals surface area (Å²) in [6.07, 6.45) is 6.15. The van der Waals surface area contributed by atoms with Crippen LogP contribution in [-0.4, -0.2) is 5.60 Å². The molecule has 0 atom stereocenters. The summed E-state index contributed by atoms with van der Waals surface area (Å²) in [6, 6.07) is 0. The van der Waals surface area contributed by atoms with Crippen molar-refractivity contribution in [2.24, 2.45) is 0 Å². The fourth-order valence-electron chi connectivity index (χ4n) is 0.487. The van der Waals surface area contributed by atoms with Crippen molar-refractivity contribution in [2.45, 2.75) is 46.1 Å². The first kappa shape index (κ1) is 9.54. The van der Waals surface area contributed by atoms with Gasteiger partial charge in [-0.05, 0) is 33.3 Å². The minimum atomic E-state index is -0.0375. The highest BCUT2D eigenvalue weighted by Crippen LogP contribution is 2.06. The molecule has 1 heteroatoms. The van der Waals surface area contributed by atoms with E-state index in [9.17, 15) is 0 Å². The predicted octanol–water partition coefficient (Wildman–Crippen LogP) is 3.12. The van der Waals surface area contributed by atoms with Crippen molar-refractivity contribution < 1.29 is 4.74 Å². The maximum Gasteiger partial charge on any atom is 0.0998 e. The molecule has 0 spiro atoms. The Morgan fingerprint density at radius 1 is 1.30 bits per heavy atom. The molecular formula is C9H18O. The van der Waals surface area contributed by atoms with Gasteiger partial charge in [0.15, 0.2) is 0 Å². The largest absolute Gasteiger partial charge is 0.496 e. The molecule has 0 aliphatic carbocycles. The number of rotatable bonds is 3. The molecule has 0 fully saturated rings. The summed E-state index contributed by atoms with van der Waals surface area (Å²) in [4.78, 5) is 0. The van der Waals surface area contributed by atoms with E-state index in [-0.39, 0.29) is 5.60 Å². The zero-order chi connectivity index (χ0) is 8.04. The number of hydrogen-bond donors (Lipinski definition) is 0. The van der Waals surface area contributed by atoms with Gasteiger partial charge in [-0.1, -0.05) is 13.3 Å². The van der Waals surface area contributed by atoms with Crippen molar-refractivity contribution in [3.63, 3.8) is 0 Å². The van der Waals surface area contributed by atoms with Gasteiger partial charge in [0.2, 0.25) is 0 Å². The van der Waals surface area contributed by atoms with Gasteiger partial charge < -0.3 is 4.74 Å². The van der Waals surface area contributed by atoms with E-state index in [2.05, 4.69) is 13.0 Å². The molecule has 0 amide bonds. The van der Waals surface area contributed by atoms with Gasteiger partial charge in [0.25, 0.3) is 0 Å². The topological polar surface area (TPSA) is 9.23 Å². The molecule has 60 valence electrons. The minimum absolute atomic E-state index is 0.0375. The van der Waals surface area contributed by atoms with E-state index in [0.29, 0.717) is 0 Å². The average Bonchev–Trinajstić information content (AvgIpc) is 1.78. The molecule has 0 bridgehead atoms. The minimum Gasteiger partial charge on any atom is -0.496 e. The SMILES string of the molecule is CCC/C=C\OC(C)(C)C. The van der Waals surface area contributed by atoms with Crippen LogP contribution in [0.5, 0.6) is 0 Å². The first-order valence-electron chi connectivity index (χ1n) is 3.89. The summed E-state index contributed by atoms with van der Waals surface area (Å²) >= 11 is 0. The Hall–Kier alpha value is -0.460. The van der Waals surface area contributed by atoms with E-state index in [4.69, 9.17) is 4.74 Å². The van der Waals surface area contributed by atoms with Crippen LogP contribution in [0.4, 0.5) is 0 Å². The lowest BCUT2D eigenvalue weighted by molar-refractivity contribution is 0.0762. The third-order valence-corrected chi connectivity index (χ3v) is 0.973. The fraction of sp³-hybridized carbons (Fsp3) is 0.778. The average molecular weight is 142 g/mol. The molecule has 0 heterocycles. The van der Waals surface area contributed by atoms with Gasteiger partial charge in [0, 0.05) is 0 Å². The number of hydrogen-bond acceptors (Lipinski definition) is 1. The van der Waals surface area contributed by atoms with E-state index < -0.39 is 0 Å². The standard InChI is InChI=1S/C9H18O/c1-5-6-7-8-10-9(2,3)4/h7-8H,5-6H2,1-4H3/b8-7-. The second-order valence-corrected chi connectivity index (χ2v) is 3.39. The summed E-state index contributed by atoms with van der Waals surface area (Å²) in [7, 11) is 0. The Morgan fingerprint density at radius 3 is 2.30 bits per heavy atom. The highest BCUT2D eigenvalue weighted by atomic mass is 16.5. The number of allylic oxidation sites excluding steroid dienone is 1. The van der Waals surface area contributed by atoms with Crippen molar-refractivity contribution >= 4 is 0 Å². The van der Waals surface area contributed by atoms with Gasteiger partial charge in [-0.15, -0.1) is 0 Å². The zero-order valence-electron chi connectivity index (χ0n) is 7.48. The van der Waals surface area contributed by atoms with Crippen molar-refractivity contribution in [3.8, 4) is 0 Å². The van der Waals surface area contributed by atoms with Crippen LogP contribution in [0.2, 0.25) is 0 Å². The summed E-state index contributed by atoms with van der Waals surface area (Å²) in [5, 5.41) is 0. The van der Waals surface area contributed by atoms with Gasteiger partial charge in [0.05, 0.1) is 11.9 Å². The molecule has 1 nitrogen and oxygen atoms in total. The van der Waals surface area contributed by atoms with Gasteiger partial charge in [-0.25, -0.2) is 0 Å². The zero-order valence-corrected chi connectivity index (χ0v) is 7.48. The van der Waals surface area contributed by atoms with Crippen LogP contribution in [0, 0.1) is 0 Å². The van der Waals surface area contributed by atoms with Crippen LogP contribution in [0.3, 0.4) is 0 Å². The van der Waals surface area contributed by atoms with Crippen LogP contribution < -0.4 is 0 Å². The molecule has 0 radical (unpaired) electrons. The van der Waals surface area contributed by atoms with E-state index >= 15 is 0 Å². The lowest BCUT2D eigenvalue weighted by atomic mass is 10.2. The Morgan fingerprint density at radius 2 is 1.90 bits per heavy atom. The van der Waals surface area contributed by atoms with Crippen molar-refractivity contribution in [2.75, 3.05) is 0 Å². The maximum absolute atomic E-state index is 5.35. The Kier molecular flexibility index (Phi) is 4.17. The smallest absolute Gasteiger partial charge is 0.0998 e. The van der Waals surface area contributed by atoms with Gasteiger partial charge >= 0.3 is 0 Å². The molecule has 0 unspecified atom stereocenters. The van der Waals surface area contributed by atoms with Crippen LogP contribution in [0.1, 0.15) is 40.5 Å². The summed E-state index contributed by atoms with van der Waals surface area (Å²) < 4.78 is 5.35. The first-order valence-corrected chi connectivity index (χ1v) is 3.89. The maximum atomic E-state index is 5.35. The molecule has 0 N–H and O–H groups in total. The van der Waals surface area contributed by atoms with E-state index in [1.165, 1.54) is 6.42 Å². The van der Waals surface area contributed by atoms with Crippen molar-refractivity contribution in [1.82, 2.24) is 0 Å². The monoisotopic (exact) mass is 142 g/mol. The summed E-state index contributed by atoms with van der Waals surface area (Å²) in [5.41, 5.74) is -0.0375. The lowest BCUT2D eigenvalue weighted by Crippen LogP contribution is -2.15. The predicted molar refractivity (Wildman–Crippen MR) is 44.9 cm³/mol. The number of unbranched alkanes of at least 4 members (excludes halogenated alkanes) is 1. The second kappa shape index (κ2) is 4.37. The Bertz CT molecular complexity index is 97.8. The molecule has 0 saturated heterocycles. The summed E-state index contributed by atoms with van der Waals surface area (Å²) in [5.74, 6) is 0. The normalized spacial score (nSPS) is 12.4. The highest BCUT2D eigenvalue weighted by Gasteiger charge is 2.06. The molecule has 0 aliphatic rings. The first-order chi connectivity index (χ1) is 4.56. The molecule has 0 aromatic heterocycles. The molecule has 0 rings (SSSR count). The van der Waals surface area contributed by atoms with Crippen molar-refractivity contribution in [1.29, 1.82) is 0 Å². The van der Waals surface area contributed by atoms with E-state index in [1.54, 1.807) is 6.26 Å². The molecule has 0 aliphatic heterocycles. The highest BCUT2D eigenvalue weighted by molar-refractivity contribution is 4.75. The fourth-order valence-corrected chi connectivity index (χ4v) is 0.487. The summed E-state index contributed by atoms with van der Waals surface area (Å²) in [6.45, 7) is 8.29. The Labute approximate surface area is 64.1 Å². The van der Waals surface area contributed by atoms with Crippen LogP contribution in [0.25, 0.3) is 0 Å². The molecular weight excluding hydrogens is 124 g/mol.